The monoisotopic (exact) mass is 601 g/mol. The molecule has 8 nitrogen and oxygen atoms in total. The van der Waals surface area contributed by atoms with E-state index in [-0.39, 0.29) is 23.8 Å². The minimum Gasteiger partial charge on any atom is -0.368 e. The average Bonchev–Trinajstić information content (AvgIpc) is 3.04. The summed E-state index contributed by atoms with van der Waals surface area (Å²) in [6, 6.07) is 22.5. The fourth-order valence-electron chi connectivity index (χ4n) is 5.97. The first-order valence-corrected chi connectivity index (χ1v) is 15.3. The Labute approximate surface area is 259 Å². The van der Waals surface area contributed by atoms with E-state index in [1.165, 1.54) is 5.56 Å². The molecule has 1 saturated heterocycles. The molecule has 3 aromatic carbocycles. The number of carbonyl (C=O) groups is 3. The summed E-state index contributed by atoms with van der Waals surface area (Å²) in [6.45, 7) is 6.60. The van der Waals surface area contributed by atoms with Crippen LogP contribution < -0.4 is 15.5 Å². The molecule has 9 heteroatoms. The van der Waals surface area contributed by atoms with Crippen LogP contribution in [0, 0.1) is 0 Å². The van der Waals surface area contributed by atoms with Crippen molar-refractivity contribution in [2.75, 3.05) is 38.1 Å². The predicted octanol–water partition coefficient (Wildman–Crippen LogP) is 3.97. The third kappa shape index (κ3) is 7.20. The Hall–Kier alpha value is -3.88. The lowest BCUT2D eigenvalue weighted by Crippen LogP contribution is -2.58. The minimum atomic E-state index is -0.698. The van der Waals surface area contributed by atoms with Gasteiger partial charge in [-0.2, -0.15) is 0 Å². The van der Waals surface area contributed by atoms with Crippen molar-refractivity contribution in [1.29, 1.82) is 0 Å². The van der Waals surface area contributed by atoms with E-state index < -0.39 is 12.1 Å². The van der Waals surface area contributed by atoms with E-state index in [1.807, 2.05) is 55.3 Å². The molecule has 2 heterocycles. The summed E-state index contributed by atoms with van der Waals surface area (Å²) < 4.78 is 0. The van der Waals surface area contributed by atoms with Gasteiger partial charge in [-0.05, 0) is 53.8 Å². The number of amides is 3. The molecule has 3 atom stereocenters. The number of halogens is 1. The summed E-state index contributed by atoms with van der Waals surface area (Å²) in [5.41, 5.74) is 5.43. The lowest BCUT2D eigenvalue weighted by molar-refractivity contribution is -0.137. The number of benzene rings is 3. The summed E-state index contributed by atoms with van der Waals surface area (Å²) in [5, 5.41) is 7.05. The second-order valence-corrected chi connectivity index (χ2v) is 11.9. The van der Waals surface area contributed by atoms with E-state index in [2.05, 4.69) is 39.8 Å². The van der Waals surface area contributed by atoms with Crippen molar-refractivity contribution >= 4 is 35.0 Å². The Morgan fingerprint density at radius 1 is 0.953 bits per heavy atom. The highest BCUT2D eigenvalue weighted by molar-refractivity contribution is 6.30. The quantitative estimate of drug-likeness (QED) is 0.408. The van der Waals surface area contributed by atoms with E-state index >= 15 is 0 Å². The summed E-state index contributed by atoms with van der Waals surface area (Å²) in [4.78, 5) is 45.4. The van der Waals surface area contributed by atoms with Gasteiger partial charge in [0.05, 0.1) is 12.1 Å². The molecule has 226 valence electrons. The number of anilines is 1. The van der Waals surface area contributed by atoms with Gasteiger partial charge in [-0.1, -0.05) is 66.2 Å². The first kappa shape index (κ1) is 30.6. The van der Waals surface area contributed by atoms with Crippen molar-refractivity contribution in [2.45, 2.75) is 51.4 Å². The maximum atomic E-state index is 14.0. The number of hydrogen-bond donors (Lipinski definition) is 2. The highest BCUT2D eigenvalue weighted by Crippen LogP contribution is 2.30. The maximum absolute atomic E-state index is 14.0. The number of fused-ring (bicyclic) bond motifs is 1. The van der Waals surface area contributed by atoms with Crippen molar-refractivity contribution in [3.63, 3.8) is 0 Å². The van der Waals surface area contributed by atoms with E-state index in [1.54, 1.807) is 24.0 Å². The number of piperazine rings is 1. The number of rotatable bonds is 8. The van der Waals surface area contributed by atoms with Crippen LogP contribution in [0.3, 0.4) is 0 Å². The zero-order chi connectivity index (χ0) is 30.5. The molecule has 0 aromatic heterocycles. The molecule has 2 aliphatic rings. The summed E-state index contributed by atoms with van der Waals surface area (Å²) in [5.74, 6) is -0.241. The van der Waals surface area contributed by atoms with Crippen LogP contribution in [-0.4, -0.2) is 72.8 Å². The van der Waals surface area contributed by atoms with Crippen LogP contribution in [0.1, 0.15) is 42.1 Å². The van der Waals surface area contributed by atoms with Gasteiger partial charge in [0.2, 0.25) is 17.7 Å². The normalized spacial score (nSPS) is 17.9. The fourth-order valence-corrected chi connectivity index (χ4v) is 6.09. The van der Waals surface area contributed by atoms with E-state index in [0.29, 0.717) is 50.6 Å². The smallest absolute Gasteiger partial charge is 0.245 e. The molecule has 43 heavy (non-hydrogen) atoms. The molecular weight excluding hydrogens is 562 g/mol. The van der Waals surface area contributed by atoms with Crippen LogP contribution in [0.4, 0.5) is 5.69 Å². The van der Waals surface area contributed by atoms with Gasteiger partial charge in [0.15, 0.2) is 0 Å². The Bertz CT molecular complexity index is 1450. The fraction of sp³-hybridized carbons (Fsp3) is 0.382. The van der Waals surface area contributed by atoms with Gasteiger partial charge in [-0.3, -0.25) is 14.4 Å². The molecule has 3 amide bonds. The lowest BCUT2D eigenvalue weighted by Gasteiger charge is -2.39. The Balaban J connectivity index is 1.28. The molecule has 3 aromatic rings. The van der Waals surface area contributed by atoms with Gasteiger partial charge in [0, 0.05) is 63.8 Å². The SMILES string of the molecule is CC(=O)N(C)C(C)c1ccccc1N1CCN(C(=O)C(Cc2ccc(Cl)cc2)NC(=O)C2Cc3ccccc3CN2)CC1. The van der Waals surface area contributed by atoms with Crippen LogP contribution in [0.15, 0.2) is 72.8 Å². The maximum Gasteiger partial charge on any atom is 0.245 e. The molecule has 0 aliphatic carbocycles. The molecular formula is C34H40ClN5O3. The van der Waals surface area contributed by atoms with Gasteiger partial charge < -0.3 is 25.3 Å². The third-order valence-corrected chi connectivity index (χ3v) is 9.01. The molecule has 0 bridgehead atoms. The summed E-state index contributed by atoms with van der Waals surface area (Å²) in [7, 11) is 1.82. The first-order chi connectivity index (χ1) is 20.7. The number of nitrogens with one attached hydrogen (secondary N) is 2. The zero-order valence-electron chi connectivity index (χ0n) is 25.1. The molecule has 5 rings (SSSR count). The number of carbonyl (C=O) groups excluding carboxylic acids is 3. The van der Waals surface area contributed by atoms with Gasteiger partial charge in [0.25, 0.3) is 0 Å². The Morgan fingerprint density at radius 2 is 1.60 bits per heavy atom. The van der Waals surface area contributed by atoms with Crippen molar-refractivity contribution in [3.05, 3.63) is 100 Å². The van der Waals surface area contributed by atoms with Crippen LogP contribution >= 0.6 is 11.6 Å². The molecule has 2 aliphatic heterocycles. The number of nitrogens with zero attached hydrogens (tertiary/aromatic N) is 3. The van der Waals surface area contributed by atoms with Gasteiger partial charge in [0.1, 0.15) is 6.04 Å². The van der Waals surface area contributed by atoms with E-state index in [0.717, 1.165) is 22.4 Å². The topological polar surface area (TPSA) is 85.0 Å². The third-order valence-electron chi connectivity index (χ3n) is 8.76. The van der Waals surface area contributed by atoms with E-state index in [4.69, 9.17) is 11.6 Å². The van der Waals surface area contributed by atoms with Crippen LogP contribution in [-0.2, 0) is 33.8 Å². The highest BCUT2D eigenvalue weighted by atomic mass is 35.5. The van der Waals surface area contributed by atoms with Gasteiger partial charge in [-0.25, -0.2) is 0 Å². The minimum absolute atomic E-state index is 0.0131. The summed E-state index contributed by atoms with van der Waals surface area (Å²) in [6.07, 6.45) is 0.960. The molecule has 1 fully saturated rings. The summed E-state index contributed by atoms with van der Waals surface area (Å²) >= 11 is 6.11. The standard InChI is InChI=1S/C34H40ClN5O3/c1-23(38(3)24(2)41)29-10-6-7-11-32(29)39-16-18-40(19-17-39)34(43)31(20-25-12-14-28(35)15-13-25)37-33(42)30-21-26-8-4-5-9-27(26)22-36-30/h4-15,23,30-31,36H,16-22H2,1-3H3,(H,37,42). The molecule has 0 spiro atoms. The second-order valence-electron chi connectivity index (χ2n) is 11.5. The first-order valence-electron chi connectivity index (χ1n) is 14.9. The van der Waals surface area contributed by atoms with Crippen LogP contribution in [0.25, 0.3) is 0 Å². The van der Waals surface area contributed by atoms with Gasteiger partial charge >= 0.3 is 0 Å². The predicted molar refractivity (Wildman–Crippen MR) is 170 cm³/mol. The zero-order valence-corrected chi connectivity index (χ0v) is 25.8. The molecule has 3 unspecified atom stereocenters. The van der Waals surface area contributed by atoms with Gasteiger partial charge in [-0.15, -0.1) is 0 Å². The molecule has 0 radical (unpaired) electrons. The number of hydrogen-bond acceptors (Lipinski definition) is 5. The average molecular weight is 602 g/mol. The van der Waals surface area contributed by atoms with Crippen molar-refractivity contribution < 1.29 is 14.4 Å². The van der Waals surface area contributed by atoms with Crippen molar-refractivity contribution in [1.82, 2.24) is 20.4 Å². The Kier molecular flexibility index (Phi) is 9.68. The highest BCUT2D eigenvalue weighted by Gasteiger charge is 2.32. The lowest BCUT2D eigenvalue weighted by atomic mass is 9.95. The van der Waals surface area contributed by atoms with Crippen LogP contribution in [0.2, 0.25) is 5.02 Å². The largest absolute Gasteiger partial charge is 0.368 e. The molecule has 2 N–H and O–H groups in total. The molecule has 0 saturated carbocycles. The van der Waals surface area contributed by atoms with Crippen molar-refractivity contribution in [3.8, 4) is 0 Å². The van der Waals surface area contributed by atoms with E-state index in [9.17, 15) is 14.4 Å². The second kappa shape index (κ2) is 13.6. The van der Waals surface area contributed by atoms with Crippen LogP contribution in [0.5, 0.6) is 0 Å². The van der Waals surface area contributed by atoms with Crippen molar-refractivity contribution in [2.24, 2.45) is 0 Å². The Morgan fingerprint density at radius 3 is 2.30 bits per heavy atom. The number of para-hydroxylation sites is 1.